The van der Waals surface area contributed by atoms with Crippen LogP contribution in [0, 0.1) is 11.3 Å². The number of anilines is 2. The third-order valence-corrected chi connectivity index (χ3v) is 6.44. The van der Waals surface area contributed by atoms with E-state index in [0.29, 0.717) is 58.6 Å². The van der Waals surface area contributed by atoms with Gasteiger partial charge in [-0.25, -0.2) is 9.97 Å². The number of amides is 1. The number of hydrogen-bond acceptors (Lipinski definition) is 7. The van der Waals surface area contributed by atoms with E-state index in [1.54, 1.807) is 29.2 Å². The van der Waals surface area contributed by atoms with Crippen molar-refractivity contribution in [3.8, 4) is 23.3 Å². The smallest absolute Gasteiger partial charge is 0.227 e. The molecule has 1 amide bonds. The van der Waals surface area contributed by atoms with E-state index in [-0.39, 0.29) is 11.8 Å². The summed E-state index contributed by atoms with van der Waals surface area (Å²) in [6, 6.07) is 18.3. The topological polar surface area (TPSA) is 114 Å². The van der Waals surface area contributed by atoms with Gasteiger partial charge in [-0.15, -0.1) is 0 Å². The molecule has 1 atom stereocenters. The molecule has 5 rings (SSSR count). The molecule has 180 valence electrons. The molecule has 9 heteroatoms. The Morgan fingerprint density at radius 2 is 2.03 bits per heavy atom. The van der Waals surface area contributed by atoms with Gasteiger partial charge in [0.2, 0.25) is 5.91 Å². The van der Waals surface area contributed by atoms with Crippen molar-refractivity contribution < 1.29 is 14.3 Å². The van der Waals surface area contributed by atoms with Crippen molar-refractivity contribution in [1.82, 2.24) is 9.97 Å². The van der Waals surface area contributed by atoms with Gasteiger partial charge in [0, 0.05) is 30.0 Å². The fraction of sp³-hybridized carbons (Fsp3) is 0.185. The Bertz CT molecular complexity index is 1520. The second kappa shape index (κ2) is 9.72. The summed E-state index contributed by atoms with van der Waals surface area (Å²) in [5, 5.41) is 10.7. The lowest BCUT2D eigenvalue weighted by atomic mass is 9.98. The van der Waals surface area contributed by atoms with E-state index in [2.05, 4.69) is 16.0 Å². The summed E-state index contributed by atoms with van der Waals surface area (Å²) in [6.07, 6.45) is 1.75. The summed E-state index contributed by atoms with van der Waals surface area (Å²) in [6.45, 7) is 2.76. The number of hydrogen-bond donors (Lipinski definition) is 1. The molecular weight excluding hydrogens is 478 g/mol. The van der Waals surface area contributed by atoms with Gasteiger partial charge in [-0.1, -0.05) is 23.7 Å². The molecule has 1 aliphatic rings. The van der Waals surface area contributed by atoms with E-state index < -0.39 is 0 Å². The van der Waals surface area contributed by atoms with Gasteiger partial charge in [-0.3, -0.25) is 4.79 Å². The predicted molar refractivity (Wildman–Crippen MR) is 138 cm³/mol. The highest BCUT2D eigenvalue weighted by Gasteiger charge is 2.32. The summed E-state index contributed by atoms with van der Waals surface area (Å²) < 4.78 is 11.8. The number of carbonyl (C=O) groups excluding carboxylic acids is 1. The van der Waals surface area contributed by atoms with Gasteiger partial charge in [0.15, 0.2) is 11.5 Å². The minimum absolute atomic E-state index is 0.000600. The van der Waals surface area contributed by atoms with Crippen LogP contribution in [0.5, 0.6) is 17.2 Å². The summed E-state index contributed by atoms with van der Waals surface area (Å²) in [4.78, 5) is 23.0. The van der Waals surface area contributed by atoms with Gasteiger partial charge in [0.25, 0.3) is 0 Å². The van der Waals surface area contributed by atoms with Gasteiger partial charge >= 0.3 is 0 Å². The Balaban J connectivity index is 1.43. The summed E-state index contributed by atoms with van der Waals surface area (Å²) in [7, 11) is 0. The van der Waals surface area contributed by atoms with Crippen LogP contribution in [0.25, 0.3) is 10.9 Å². The monoisotopic (exact) mass is 499 g/mol. The normalized spacial score (nSPS) is 15.2. The van der Waals surface area contributed by atoms with Crippen LogP contribution in [-0.2, 0) is 4.79 Å². The number of nitriles is 1. The molecule has 8 nitrogen and oxygen atoms in total. The SMILES string of the molecule is CCOc1cccc(C#N)c1Oc1cc([C@H]2CC(=O)N(c3ccc4ncnc(N)c4c3)C2)ccc1Cl. The maximum atomic E-state index is 13.0. The standard InChI is InChI=1S/C27H22ClN5O3/c1-2-35-23-5-3-4-17(13-29)26(23)36-24-10-16(6-8-21(24)28)18-11-25(34)33(14-18)19-7-9-22-20(12-19)27(30)32-15-31-22/h3-10,12,15,18H,2,11,14H2,1H3,(H2,30,31,32)/t18-/m0/s1. The van der Waals surface area contributed by atoms with E-state index in [4.69, 9.17) is 26.8 Å². The van der Waals surface area contributed by atoms with E-state index in [9.17, 15) is 10.1 Å². The van der Waals surface area contributed by atoms with Crippen LogP contribution >= 0.6 is 11.6 Å². The molecule has 0 spiro atoms. The number of carbonyl (C=O) groups is 1. The van der Waals surface area contributed by atoms with Gasteiger partial charge in [-0.05, 0) is 55.0 Å². The molecule has 0 radical (unpaired) electrons. The highest BCUT2D eigenvalue weighted by atomic mass is 35.5. The molecule has 1 aromatic heterocycles. The lowest BCUT2D eigenvalue weighted by Crippen LogP contribution is -2.24. The summed E-state index contributed by atoms with van der Waals surface area (Å²) >= 11 is 6.45. The fourth-order valence-electron chi connectivity index (χ4n) is 4.35. The van der Waals surface area contributed by atoms with Crippen LogP contribution < -0.4 is 20.1 Å². The van der Waals surface area contributed by atoms with Crippen LogP contribution in [0.3, 0.4) is 0 Å². The fourth-order valence-corrected chi connectivity index (χ4v) is 4.51. The number of aromatic nitrogens is 2. The Morgan fingerprint density at radius 3 is 2.83 bits per heavy atom. The summed E-state index contributed by atoms with van der Waals surface area (Å²) in [5.74, 6) is 1.45. The first kappa shape index (κ1) is 23.4. The molecule has 36 heavy (non-hydrogen) atoms. The second-order valence-electron chi connectivity index (χ2n) is 8.34. The maximum Gasteiger partial charge on any atom is 0.227 e. The average Bonchev–Trinajstić information content (AvgIpc) is 3.28. The number of fused-ring (bicyclic) bond motifs is 1. The zero-order valence-electron chi connectivity index (χ0n) is 19.4. The van der Waals surface area contributed by atoms with E-state index in [1.807, 2.05) is 37.3 Å². The largest absolute Gasteiger partial charge is 0.490 e. The number of halogens is 1. The number of ether oxygens (including phenoxy) is 2. The van der Waals surface area contributed by atoms with Crippen molar-refractivity contribution in [3.05, 3.63) is 77.1 Å². The number of nitrogens with two attached hydrogens (primary N) is 1. The summed E-state index contributed by atoms with van der Waals surface area (Å²) in [5.41, 5.74) is 8.71. The van der Waals surface area contributed by atoms with Crippen LogP contribution in [0.1, 0.15) is 30.4 Å². The number of nitrogen functional groups attached to an aromatic ring is 1. The lowest BCUT2D eigenvalue weighted by Gasteiger charge is -2.18. The van der Waals surface area contributed by atoms with Crippen molar-refractivity contribution in [3.63, 3.8) is 0 Å². The molecule has 1 saturated heterocycles. The zero-order chi connectivity index (χ0) is 25.2. The van der Waals surface area contributed by atoms with Gasteiger partial charge in [-0.2, -0.15) is 5.26 Å². The highest BCUT2D eigenvalue weighted by molar-refractivity contribution is 6.32. The lowest BCUT2D eigenvalue weighted by molar-refractivity contribution is -0.117. The van der Waals surface area contributed by atoms with Crippen molar-refractivity contribution in [1.29, 1.82) is 5.26 Å². The third kappa shape index (κ3) is 4.37. The van der Waals surface area contributed by atoms with Gasteiger partial charge in [0.1, 0.15) is 24.0 Å². The van der Waals surface area contributed by atoms with Crippen molar-refractivity contribution >= 4 is 39.9 Å². The predicted octanol–water partition coefficient (Wildman–Crippen LogP) is 5.45. The minimum atomic E-state index is -0.0743. The quantitative estimate of drug-likeness (QED) is 0.375. The number of rotatable bonds is 6. The number of nitrogens with zero attached hydrogens (tertiary/aromatic N) is 4. The Hall–Kier alpha value is -4.35. The number of benzene rings is 3. The molecule has 0 unspecified atom stereocenters. The molecule has 0 bridgehead atoms. The zero-order valence-corrected chi connectivity index (χ0v) is 20.2. The second-order valence-corrected chi connectivity index (χ2v) is 8.74. The Labute approximate surface area is 212 Å². The van der Waals surface area contributed by atoms with Crippen LogP contribution in [0.4, 0.5) is 11.5 Å². The van der Waals surface area contributed by atoms with Crippen molar-refractivity contribution in [2.45, 2.75) is 19.3 Å². The Kier molecular flexibility index (Phi) is 6.32. The van der Waals surface area contributed by atoms with Crippen LogP contribution in [-0.4, -0.2) is 29.0 Å². The Morgan fingerprint density at radius 1 is 1.17 bits per heavy atom. The van der Waals surface area contributed by atoms with E-state index >= 15 is 0 Å². The molecule has 3 aromatic carbocycles. The molecule has 2 heterocycles. The minimum Gasteiger partial charge on any atom is -0.490 e. The first-order valence-corrected chi connectivity index (χ1v) is 11.8. The third-order valence-electron chi connectivity index (χ3n) is 6.12. The number of para-hydroxylation sites is 1. The first-order chi connectivity index (χ1) is 17.5. The van der Waals surface area contributed by atoms with Crippen LogP contribution in [0.15, 0.2) is 60.9 Å². The van der Waals surface area contributed by atoms with Gasteiger partial charge in [0.05, 0.1) is 22.7 Å². The first-order valence-electron chi connectivity index (χ1n) is 11.4. The van der Waals surface area contributed by atoms with Crippen LogP contribution in [0.2, 0.25) is 5.02 Å². The molecule has 1 aliphatic heterocycles. The van der Waals surface area contributed by atoms with Gasteiger partial charge < -0.3 is 20.1 Å². The highest BCUT2D eigenvalue weighted by Crippen LogP contribution is 2.41. The molecular formula is C27H22ClN5O3. The molecule has 2 N–H and O–H groups in total. The van der Waals surface area contributed by atoms with Crippen molar-refractivity contribution in [2.75, 3.05) is 23.8 Å². The molecule has 0 saturated carbocycles. The van der Waals surface area contributed by atoms with Crippen molar-refractivity contribution in [2.24, 2.45) is 0 Å². The molecule has 4 aromatic rings. The average molecular weight is 500 g/mol. The molecule has 1 fully saturated rings. The maximum absolute atomic E-state index is 13.0. The molecule has 0 aliphatic carbocycles. The van der Waals surface area contributed by atoms with E-state index in [0.717, 1.165) is 16.8 Å². The van der Waals surface area contributed by atoms with E-state index in [1.165, 1.54) is 6.33 Å².